The third kappa shape index (κ3) is 7.92. The van der Waals surface area contributed by atoms with Crippen molar-refractivity contribution in [1.82, 2.24) is 34.5 Å². The minimum Gasteiger partial charge on any atom is -0.394 e. The van der Waals surface area contributed by atoms with Crippen LogP contribution in [0.5, 0.6) is 0 Å². The van der Waals surface area contributed by atoms with Crippen LogP contribution in [0.25, 0.3) is 22.2 Å². The van der Waals surface area contributed by atoms with Gasteiger partial charge >= 0.3 is 16.1 Å². The van der Waals surface area contributed by atoms with E-state index in [2.05, 4.69) is 30.6 Å². The number of benzene rings is 2. The number of alkyl halides is 2. The molecule has 0 bridgehead atoms. The third-order valence-corrected chi connectivity index (χ3v) is 10.8. The number of carbonyl (C=O) groups excluding carboxylic acids is 1. The number of carbonyl (C=O) groups is 1. The predicted molar refractivity (Wildman–Crippen MR) is 186 cm³/mol. The van der Waals surface area contributed by atoms with Crippen LogP contribution in [-0.4, -0.2) is 107 Å². The number of halogens is 2. The van der Waals surface area contributed by atoms with Gasteiger partial charge in [0.2, 0.25) is 0 Å². The first-order valence-electron chi connectivity index (χ1n) is 16.8. The first kappa shape index (κ1) is 39.5. The standard InChI is InChI=1S/C32H31F2N9O11P2/c1-17-7-5-10-19-24(17)40-41-43(19)32-23(34)27(20(13-44)51-32)54-56(48,49-12-6-11-35)50-14-21-26(53-55(46)47)22(33)31(52-21)42-16-38-25-28(36-15-37-29(25)42)39-30(45)18-8-3-2-4-9-18/h2-5,7-10,15-16,20-23,26-27,31-32,44H,6,12-14H2,1H3,(H-,36,37,39,45,46,47)/p+1/t20-,21-,22-,23-,26-,27-,31-,32-,56?/m1/s1. The predicted octanol–water partition coefficient (Wildman–Crippen LogP) is 3.77. The third-order valence-electron chi connectivity index (χ3n) is 8.88. The summed E-state index contributed by atoms with van der Waals surface area (Å²) in [4.78, 5) is 34.8. The molecule has 3 aromatic heterocycles. The van der Waals surface area contributed by atoms with Crippen molar-refractivity contribution in [3.05, 3.63) is 72.3 Å². The van der Waals surface area contributed by atoms with Gasteiger partial charge in [-0.15, -0.1) is 14.5 Å². The number of ether oxygens (including phenoxy) is 2. The van der Waals surface area contributed by atoms with Crippen LogP contribution in [0.2, 0.25) is 0 Å². The molecule has 2 aliphatic heterocycles. The molecule has 0 saturated carbocycles. The molecule has 5 aromatic rings. The van der Waals surface area contributed by atoms with E-state index in [0.717, 1.165) is 27.5 Å². The average Bonchev–Trinajstić information content (AvgIpc) is 3.96. The second kappa shape index (κ2) is 16.8. The minimum atomic E-state index is -4.94. The normalized spacial score (nSPS) is 26.3. The van der Waals surface area contributed by atoms with E-state index in [1.807, 2.05) is 0 Å². The molecule has 2 fully saturated rings. The fourth-order valence-electron chi connectivity index (χ4n) is 6.25. The van der Waals surface area contributed by atoms with Crippen LogP contribution >= 0.6 is 16.1 Å². The van der Waals surface area contributed by atoms with E-state index in [0.29, 0.717) is 16.6 Å². The SMILES string of the molecule is Cc1cccc2c1nnn2[C@@H]1O[C@H](CO)[C@@H](OP(=O)(OCCC#N)OC[C@H]2O[C@@H](n3cnc4c(NC(=O)c5ccccc5)ncnc43)[C@H](F)[C@@H]2O[P+](=O)O)[C@H]1F. The van der Waals surface area contributed by atoms with Crippen LogP contribution in [0.15, 0.2) is 61.2 Å². The highest BCUT2D eigenvalue weighted by Gasteiger charge is 2.54. The number of nitriles is 1. The van der Waals surface area contributed by atoms with E-state index in [9.17, 15) is 23.9 Å². The van der Waals surface area contributed by atoms with Gasteiger partial charge in [0.1, 0.15) is 30.2 Å². The van der Waals surface area contributed by atoms with Gasteiger partial charge in [-0.1, -0.05) is 35.5 Å². The zero-order valence-corrected chi connectivity index (χ0v) is 30.8. The van der Waals surface area contributed by atoms with Crippen molar-refractivity contribution in [2.24, 2.45) is 0 Å². The number of imidazole rings is 1. The number of phosphoric ester groups is 1. The minimum absolute atomic E-state index is 0.00583. The summed E-state index contributed by atoms with van der Waals surface area (Å²) in [7, 11) is -8.37. The Morgan fingerprint density at radius 3 is 2.55 bits per heavy atom. The van der Waals surface area contributed by atoms with E-state index in [1.165, 1.54) is 0 Å². The van der Waals surface area contributed by atoms with E-state index < -0.39 is 91.0 Å². The summed E-state index contributed by atoms with van der Waals surface area (Å²) in [6.45, 7) is -0.434. The first-order chi connectivity index (χ1) is 27.0. The molecule has 2 unspecified atom stereocenters. The van der Waals surface area contributed by atoms with Crippen molar-refractivity contribution >= 4 is 50.0 Å². The van der Waals surface area contributed by atoms with Gasteiger partial charge in [0.25, 0.3) is 5.91 Å². The Morgan fingerprint density at radius 1 is 1.04 bits per heavy atom. The van der Waals surface area contributed by atoms with Crippen LogP contribution in [0, 0.1) is 18.3 Å². The van der Waals surface area contributed by atoms with Crippen LogP contribution in [0.4, 0.5) is 14.6 Å². The maximum Gasteiger partial charge on any atom is 0.695 e. The molecule has 0 spiro atoms. The number of rotatable bonds is 15. The maximum absolute atomic E-state index is 16.2. The van der Waals surface area contributed by atoms with E-state index in [4.69, 9.17) is 32.8 Å². The van der Waals surface area contributed by atoms with Gasteiger partial charge in [-0.25, -0.2) is 33.0 Å². The van der Waals surface area contributed by atoms with Gasteiger partial charge < -0.3 is 19.9 Å². The lowest BCUT2D eigenvalue weighted by molar-refractivity contribution is -0.0592. The van der Waals surface area contributed by atoms with E-state index in [1.54, 1.807) is 61.5 Å². The summed E-state index contributed by atoms with van der Waals surface area (Å²) in [6.07, 6.45) is -12.2. The molecule has 1 amide bonds. The lowest BCUT2D eigenvalue weighted by Gasteiger charge is -2.25. The second-order valence-electron chi connectivity index (χ2n) is 12.4. The summed E-state index contributed by atoms with van der Waals surface area (Å²) in [5.41, 5.74) is 2.00. The van der Waals surface area contributed by atoms with Gasteiger partial charge in [0.05, 0.1) is 44.2 Å². The topological polar surface area (TPSA) is 257 Å². The Kier molecular flexibility index (Phi) is 11.8. The molecule has 0 aliphatic carbocycles. The summed E-state index contributed by atoms with van der Waals surface area (Å²) in [5, 5.41) is 29.9. The Bertz CT molecular complexity index is 2320. The lowest BCUT2D eigenvalue weighted by atomic mass is 10.1. The Labute approximate surface area is 315 Å². The number of aryl methyl sites for hydroxylation is 1. The average molecular weight is 819 g/mol. The monoisotopic (exact) mass is 818 g/mol. The van der Waals surface area contributed by atoms with Gasteiger partial charge in [-0.05, 0) is 30.7 Å². The summed E-state index contributed by atoms with van der Waals surface area (Å²) < 4.78 is 93.5. The zero-order valence-electron chi connectivity index (χ0n) is 29.0. The van der Waals surface area contributed by atoms with E-state index >= 15 is 8.78 Å². The summed E-state index contributed by atoms with van der Waals surface area (Å²) in [6, 6.07) is 15.2. The number of nitrogens with zero attached hydrogens (tertiary/aromatic N) is 8. The van der Waals surface area contributed by atoms with Crippen LogP contribution < -0.4 is 5.32 Å². The second-order valence-corrected chi connectivity index (χ2v) is 14.7. The number of aliphatic hydroxyl groups excluding tert-OH is 1. The summed E-state index contributed by atoms with van der Waals surface area (Å²) >= 11 is 0. The largest absolute Gasteiger partial charge is 0.695 e. The smallest absolute Gasteiger partial charge is 0.394 e. The molecule has 3 N–H and O–H groups in total. The molecule has 2 aliphatic rings. The van der Waals surface area contributed by atoms with Gasteiger partial charge in [-0.2, -0.15) is 5.26 Å². The number of anilines is 1. The highest BCUT2D eigenvalue weighted by molar-refractivity contribution is 7.48. The van der Waals surface area contributed by atoms with Crippen molar-refractivity contribution in [1.29, 1.82) is 5.26 Å². The molecule has 294 valence electrons. The van der Waals surface area contributed by atoms with Gasteiger partial charge in [-0.3, -0.25) is 22.9 Å². The van der Waals surface area contributed by atoms with Crippen LogP contribution in [0.1, 0.15) is 34.8 Å². The number of hydrogen-bond donors (Lipinski definition) is 3. The quantitative estimate of drug-likeness (QED) is 0.100. The number of nitrogens with one attached hydrogen (secondary N) is 1. The van der Waals surface area contributed by atoms with Crippen molar-refractivity contribution in [3.63, 3.8) is 0 Å². The molecule has 56 heavy (non-hydrogen) atoms. The van der Waals surface area contributed by atoms with Crippen molar-refractivity contribution in [3.8, 4) is 6.07 Å². The number of phosphoric acid groups is 1. The Morgan fingerprint density at radius 2 is 1.80 bits per heavy atom. The zero-order chi connectivity index (χ0) is 39.6. The number of aromatic nitrogens is 7. The molecule has 5 heterocycles. The molecular formula is C32H32F2N9O11P2+. The highest BCUT2D eigenvalue weighted by Crippen LogP contribution is 2.54. The number of hydrogen-bond acceptors (Lipinski definition) is 16. The van der Waals surface area contributed by atoms with Crippen molar-refractivity contribution < 1.29 is 60.3 Å². The number of amides is 1. The molecule has 2 saturated heterocycles. The van der Waals surface area contributed by atoms with Crippen molar-refractivity contribution in [2.75, 3.05) is 25.1 Å². The molecular weight excluding hydrogens is 786 g/mol. The highest BCUT2D eigenvalue weighted by atomic mass is 31.2. The van der Waals surface area contributed by atoms with Crippen LogP contribution in [-0.2, 0) is 36.7 Å². The maximum atomic E-state index is 16.2. The molecule has 7 rings (SSSR count). The molecule has 20 nitrogen and oxygen atoms in total. The summed E-state index contributed by atoms with van der Waals surface area (Å²) in [5.74, 6) is -0.514. The lowest BCUT2D eigenvalue weighted by Crippen LogP contribution is -2.35. The van der Waals surface area contributed by atoms with Gasteiger partial charge in [0, 0.05) is 10.1 Å². The fourth-order valence-corrected chi connectivity index (χ4v) is 8.10. The fraction of sp³-hybridized carbons (Fsp3) is 0.406. The van der Waals surface area contributed by atoms with E-state index in [-0.39, 0.29) is 23.4 Å². The molecule has 10 atom stereocenters. The molecule has 0 radical (unpaired) electrons. The van der Waals surface area contributed by atoms with Gasteiger partial charge in [0.15, 0.2) is 47.9 Å². The Balaban J connectivity index is 1.11. The molecule has 24 heteroatoms. The number of aliphatic hydroxyl groups is 1. The van der Waals surface area contributed by atoms with Crippen molar-refractivity contribution in [2.45, 2.75) is 62.6 Å². The Hall–Kier alpha value is -4.78. The molecule has 2 aromatic carbocycles. The first-order valence-corrected chi connectivity index (χ1v) is 19.4. The number of fused-ring (bicyclic) bond motifs is 2. The van der Waals surface area contributed by atoms with Crippen LogP contribution in [0.3, 0.4) is 0 Å².